The van der Waals surface area contributed by atoms with Gasteiger partial charge < -0.3 is 35.2 Å². The van der Waals surface area contributed by atoms with E-state index in [1.54, 1.807) is 29.1 Å². The summed E-state index contributed by atoms with van der Waals surface area (Å²) in [5.41, 5.74) is -0.116. The van der Waals surface area contributed by atoms with E-state index < -0.39 is 88.5 Å². The normalized spacial score (nSPS) is 17.9. The molecule has 1 aliphatic heterocycles. The predicted octanol–water partition coefficient (Wildman–Crippen LogP) is 2.90. The number of halogens is 3. The van der Waals surface area contributed by atoms with Gasteiger partial charge in [0.15, 0.2) is 0 Å². The van der Waals surface area contributed by atoms with Gasteiger partial charge >= 0.3 is 12.1 Å². The number of alkyl halides is 3. The molecule has 1 aromatic carbocycles. The number of nitrogens with zero attached hydrogens (tertiary/aromatic N) is 3. The number of anilines is 1. The largest absolute Gasteiger partial charge is 0.471 e. The van der Waals surface area contributed by atoms with Crippen LogP contribution in [-0.4, -0.2) is 150 Å². The Labute approximate surface area is 369 Å². The van der Waals surface area contributed by atoms with Crippen molar-refractivity contribution in [3.63, 3.8) is 0 Å². The number of methoxy groups -OCH3 is 2. The molecule has 1 aliphatic rings. The molecule has 0 bridgehead atoms. The van der Waals surface area contributed by atoms with Gasteiger partial charge in [0.05, 0.1) is 55.0 Å². The number of carbonyl (C=O) groups is 6. The van der Waals surface area contributed by atoms with E-state index in [1.807, 2.05) is 65.3 Å². The predicted molar refractivity (Wildman–Crippen MR) is 230 cm³/mol. The zero-order chi connectivity index (χ0) is 48.1. The maximum absolute atomic E-state index is 14.2. The summed E-state index contributed by atoms with van der Waals surface area (Å²) in [7, 11) is 3.86. The first kappa shape index (κ1) is 54.8. The summed E-state index contributed by atoms with van der Waals surface area (Å²) >= 11 is 0. The van der Waals surface area contributed by atoms with Crippen molar-refractivity contribution in [3.8, 4) is 0 Å². The topological polar surface area (TPSA) is 213 Å². The Bertz CT molecular complexity index is 1820. The minimum atomic E-state index is -5.11. The van der Waals surface area contributed by atoms with E-state index in [2.05, 4.69) is 10.6 Å². The van der Waals surface area contributed by atoms with Gasteiger partial charge in [-0.05, 0) is 62.4 Å². The van der Waals surface area contributed by atoms with E-state index in [1.165, 1.54) is 26.4 Å². The number of hydrogen-bond donors (Lipinski definition) is 4. The van der Waals surface area contributed by atoms with Crippen LogP contribution in [0.15, 0.2) is 24.3 Å². The molecule has 4 N–H and O–H groups in total. The highest BCUT2D eigenvalue weighted by atomic mass is 32.2. The van der Waals surface area contributed by atoms with Crippen molar-refractivity contribution in [1.82, 2.24) is 30.1 Å². The van der Waals surface area contributed by atoms with Crippen molar-refractivity contribution in [2.75, 3.05) is 53.8 Å². The summed E-state index contributed by atoms with van der Waals surface area (Å²) in [6.45, 7) is 12.8. The van der Waals surface area contributed by atoms with E-state index >= 15 is 0 Å². The lowest BCUT2D eigenvalue weighted by atomic mass is 9.89. The molecule has 0 spiro atoms. The molecule has 0 aliphatic carbocycles. The summed E-state index contributed by atoms with van der Waals surface area (Å²) in [4.78, 5) is 84.0. The highest BCUT2D eigenvalue weighted by Crippen LogP contribution is 2.30. The van der Waals surface area contributed by atoms with Gasteiger partial charge in [-0.15, -0.1) is 0 Å². The number of nitrogens with one attached hydrogen (secondary N) is 4. The molecule has 1 aromatic rings. The van der Waals surface area contributed by atoms with Crippen LogP contribution in [0.5, 0.6) is 0 Å². The van der Waals surface area contributed by atoms with Crippen LogP contribution in [0.2, 0.25) is 0 Å². The zero-order valence-electron chi connectivity index (χ0n) is 38.5. The number of sulfonamides is 1. The van der Waals surface area contributed by atoms with Crippen molar-refractivity contribution in [1.29, 1.82) is 0 Å². The van der Waals surface area contributed by atoms with E-state index in [9.17, 15) is 50.4 Å². The molecule has 358 valence electrons. The fourth-order valence-corrected chi connectivity index (χ4v) is 9.21. The summed E-state index contributed by atoms with van der Waals surface area (Å²) in [5.74, 6) is -6.74. The van der Waals surface area contributed by atoms with Gasteiger partial charge in [0.2, 0.25) is 33.7 Å². The molecule has 8 atom stereocenters. The second-order valence-corrected chi connectivity index (χ2v) is 18.8. The molecular formula is C42H68F3N7O10S. The Kier molecular flexibility index (Phi) is 21.0. The molecule has 17 nitrogen and oxygen atoms in total. The van der Waals surface area contributed by atoms with Crippen LogP contribution in [0.1, 0.15) is 79.7 Å². The monoisotopic (exact) mass is 919 g/mol. The Morgan fingerprint density at radius 1 is 0.905 bits per heavy atom. The van der Waals surface area contributed by atoms with E-state index in [0.29, 0.717) is 25.8 Å². The van der Waals surface area contributed by atoms with Gasteiger partial charge in [0.1, 0.15) is 6.04 Å². The first-order chi connectivity index (χ1) is 29.2. The molecule has 63 heavy (non-hydrogen) atoms. The highest BCUT2D eigenvalue weighted by Gasteiger charge is 2.43. The first-order valence-electron chi connectivity index (χ1n) is 21.1. The van der Waals surface area contributed by atoms with Gasteiger partial charge in [-0.3, -0.25) is 38.4 Å². The molecule has 6 amide bonds. The summed E-state index contributed by atoms with van der Waals surface area (Å²) in [6.07, 6.45) is -5.00. The molecule has 0 saturated carbocycles. The van der Waals surface area contributed by atoms with Crippen molar-refractivity contribution in [3.05, 3.63) is 29.8 Å². The van der Waals surface area contributed by atoms with Gasteiger partial charge in [0.25, 0.3) is 5.91 Å². The molecule has 0 radical (unpaired) electrons. The number of rotatable bonds is 23. The van der Waals surface area contributed by atoms with Crippen molar-refractivity contribution < 1.29 is 59.8 Å². The third-order valence-electron chi connectivity index (χ3n) is 11.5. The molecule has 1 fully saturated rings. The molecule has 2 rings (SSSR count). The third kappa shape index (κ3) is 15.7. The highest BCUT2D eigenvalue weighted by molar-refractivity contribution is 7.89. The maximum Gasteiger partial charge on any atom is 0.471 e. The summed E-state index contributed by atoms with van der Waals surface area (Å²) in [6, 6.07) is 2.10. The van der Waals surface area contributed by atoms with E-state index in [0.717, 1.165) is 12.1 Å². The lowest BCUT2D eigenvalue weighted by Gasteiger charge is -2.41. The van der Waals surface area contributed by atoms with Gasteiger partial charge in [-0.2, -0.15) is 13.2 Å². The second kappa shape index (κ2) is 24.1. The van der Waals surface area contributed by atoms with Crippen LogP contribution < -0.4 is 20.7 Å². The molecule has 0 aromatic heterocycles. The van der Waals surface area contributed by atoms with Gasteiger partial charge in [-0.1, -0.05) is 67.0 Å². The number of likely N-dealkylation sites (N-methyl/N-ethyl adjacent to an activating group) is 2. The molecular weight excluding hydrogens is 852 g/mol. The number of amides is 6. The average molecular weight is 920 g/mol. The number of hydrogen-bond acceptors (Lipinski definition) is 11. The zero-order valence-corrected chi connectivity index (χ0v) is 39.3. The second-order valence-electron chi connectivity index (χ2n) is 17.1. The number of ether oxygens (including phenoxy) is 2. The van der Waals surface area contributed by atoms with E-state index in [4.69, 9.17) is 9.47 Å². The number of benzene rings is 1. The van der Waals surface area contributed by atoms with Crippen molar-refractivity contribution >= 4 is 51.2 Å². The molecule has 1 heterocycles. The fraction of sp³-hybridized carbons (Fsp3) is 0.714. The van der Waals surface area contributed by atoms with Crippen molar-refractivity contribution in [2.45, 2.75) is 122 Å². The first-order valence-corrected chi connectivity index (χ1v) is 22.7. The standard InChI is InChI=1S/C42H68F3N7O10S/c1-13-26(6)36(51(10)40(57)34(24(2)3)48-39(56)35(25(4)5)50(8)9)31(61-11)21-33(54)52-20-14-15-30(52)37(62-12)27(7)38(55)46-22-32(53)49-63(59,60)23-28-16-18-29(19-17-28)47-41(58)42(43,44)45/h16-19,24-27,30-31,34-37H,13-15,20-23H2,1-12H3,(H,46,55)(H,47,58)(H,48,56)(H,49,53)/t26?,27-,30+,31-,34+,35?,36?,37-/m1/s1. The maximum atomic E-state index is 14.2. The quantitative estimate of drug-likeness (QED) is 0.125. The number of likely N-dealkylation sites (tertiary alicyclic amines) is 1. The average Bonchev–Trinajstić information content (AvgIpc) is 3.67. The van der Waals surface area contributed by atoms with Crippen LogP contribution in [0, 0.1) is 23.7 Å². The smallest absolute Gasteiger partial charge is 0.379 e. The molecule has 21 heteroatoms. The minimum Gasteiger partial charge on any atom is -0.379 e. The fourth-order valence-electron chi connectivity index (χ4n) is 8.09. The summed E-state index contributed by atoms with van der Waals surface area (Å²) in [5, 5.41) is 7.04. The minimum absolute atomic E-state index is 0.00735. The third-order valence-corrected chi connectivity index (χ3v) is 12.7. The van der Waals surface area contributed by atoms with Crippen LogP contribution in [0.4, 0.5) is 18.9 Å². The Balaban J connectivity index is 2.13. The van der Waals surface area contributed by atoms with Gasteiger partial charge in [-0.25, -0.2) is 8.42 Å². The van der Waals surface area contributed by atoms with Crippen LogP contribution in [0.3, 0.4) is 0 Å². The van der Waals surface area contributed by atoms with Crippen LogP contribution in [0.25, 0.3) is 0 Å². The Morgan fingerprint density at radius 3 is 2.00 bits per heavy atom. The molecule has 3 unspecified atom stereocenters. The van der Waals surface area contributed by atoms with E-state index in [-0.39, 0.29) is 53.1 Å². The Morgan fingerprint density at radius 2 is 1.51 bits per heavy atom. The van der Waals surface area contributed by atoms with Crippen molar-refractivity contribution in [2.24, 2.45) is 23.7 Å². The SMILES string of the molecule is CCC(C)C([C@@H](CC(=O)N1CCC[C@H]1[C@H](OC)[C@@H](C)C(=O)NCC(=O)NS(=O)(=O)Cc1ccc(NC(=O)C(F)(F)F)cc1)OC)N(C)C(=O)[C@@H](NC(=O)C(C(C)C)N(C)C)C(C)C. The lowest BCUT2D eigenvalue weighted by molar-refractivity contribution is -0.167. The van der Waals surface area contributed by atoms with Crippen LogP contribution in [-0.2, 0) is 54.0 Å². The molecule has 1 saturated heterocycles. The van der Waals surface area contributed by atoms with Crippen LogP contribution >= 0.6 is 0 Å². The summed E-state index contributed by atoms with van der Waals surface area (Å²) < 4.78 is 76.5. The number of carbonyl (C=O) groups excluding carboxylic acids is 6. The van der Waals surface area contributed by atoms with Gasteiger partial charge in [0, 0.05) is 33.5 Å². The lowest BCUT2D eigenvalue weighted by Crippen LogP contribution is -2.59. The Hall–Kier alpha value is -4.34.